The van der Waals surface area contributed by atoms with Crippen molar-refractivity contribution in [1.29, 1.82) is 0 Å². The minimum Gasteiger partial charge on any atom is -0.354 e. The first-order valence-corrected chi connectivity index (χ1v) is 9.52. The van der Waals surface area contributed by atoms with E-state index in [1.54, 1.807) is 24.3 Å². The van der Waals surface area contributed by atoms with E-state index in [9.17, 15) is 14.4 Å². The summed E-state index contributed by atoms with van der Waals surface area (Å²) in [6.07, 6.45) is 3.45. The second-order valence-corrected chi connectivity index (χ2v) is 7.36. The van der Waals surface area contributed by atoms with Crippen molar-refractivity contribution in [2.75, 3.05) is 26.2 Å². The number of halogens is 1. The van der Waals surface area contributed by atoms with Crippen LogP contribution in [0.1, 0.15) is 36.0 Å². The molecule has 1 aromatic carbocycles. The van der Waals surface area contributed by atoms with Crippen molar-refractivity contribution >= 4 is 29.3 Å². The van der Waals surface area contributed by atoms with Crippen LogP contribution in [0, 0.1) is 11.8 Å². The molecule has 1 saturated carbocycles. The molecule has 6 nitrogen and oxygen atoms in total. The largest absolute Gasteiger partial charge is 0.354 e. The molecule has 1 aliphatic carbocycles. The van der Waals surface area contributed by atoms with Crippen molar-refractivity contribution in [1.82, 2.24) is 15.5 Å². The molecule has 0 bridgehead atoms. The fraction of sp³-hybridized carbons (Fsp3) is 0.526. The van der Waals surface area contributed by atoms with E-state index in [4.69, 9.17) is 11.6 Å². The van der Waals surface area contributed by atoms with E-state index in [-0.39, 0.29) is 29.6 Å². The standard InChI is InChI=1S/C19H24ClN3O3/c20-16-5-3-13(4-6-16)17(24)21-9-10-22-18(25)14-7-11-23(12-8-14)19(26)15-1-2-15/h3-6,14-15H,1-2,7-12H2,(H,21,24)(H,22,25). The number of nitrogens with zero attached hydrogens (tertiary/aromatic N) is 1. The highest BCUT2D eigenvalue weighted by atomic mass is 35.5. The predicted octanol–water partition coefficient (Wildman–Crippen LogP) is 1.83. The van der Waals surface area contributed by atoms with Gasteiger partial charge >= 0.3 is 0 Å². The van der Waals surface area contributed by atoms with Gasteiger partial charge in [-0.1, -0.05) is 11.6 Å². The highest BCUT2D eigenvalue weighted by molar-refractivity contribution is 6.30. The average molecular weight is 378 g/mol. The van der Waals surface area contributed by atoms with Gasteiger partial charge in [-0.05, 0) is 49.9 Å². The van der Waals surface area contributed by atoms with E-state index in [0.717, 1.165) is 12.8 Å². The molecular weight excluding hydrogens is 354 g/mol. The van der Waals surface area contributed by atoms with Crippen LogP contribution in [-0.4, -0.2) is 48.8 Å². The summed E-state index contributed by atoms with van der Waals surface area (Å²) < 4.78 is 0. The normalized spacial score (nSPS) is 17.7. The van der Waals surface area contributed by atoms with Gasteiger partial charge in [-0.15, -0.1) is 0 Å². The molecule has 1 saturated heterocycles. The molecule has 26 heavy (non-hydrogen) atoms. The summed E-state index contributed by atoms with van der Waals surface area (Å²) in [5.74, 6) is 0.260. The van der Waals surface area contributed by atoms with Crippen molar-refractivity contribution < 1.29 is 14.4 Å². The van der Waals surface area contributed by atoms with Gasteiger partial charge in [-0.25, -0.2) is 0 Å². The van der Waals surface area contributed by atoms with Crippen molar-refractivity contribution in [3.8, 4) is 0 Å². The van der Waals surface area contributed by atoms with Gasteiger partial charge in [0.05, 0.1) is 0 Å². The molecule has 3 rings (SSSR count). The fourth-order valence-electron chi connectivity index (χ4n) is 3.16. The molecule has 0 atom stereocenters. The Morgan fingerprint density at radius 3 is 2.15 bits per heavy atom. The van der Waals surface area contributed by atoms with Crippen LogP contribution in [0.2, 0.25) is 5.02 Å². The summed E-state index contributed by atoms with van der Waals surface area (Å²) in [6.45, 7) is 2.09. The SMILES string of the molecule is O=C(NCCNC(=O)C1CCN(C(=O)C2CC2)CC1)c1ccc(Cl)cc1. The lowest BCUT2D eigenvalue weighted by atomic mass is 9.95. The molecule has 7 heteroatoms. The van der Waals surface area contributed by atoms with Crippen molar-refractivity contribution in [2.45, 2.75) is 25.7 Å². The van der Waals surface area contributed by atoms with Gasteiger partial charge in [-0.2, -0.15) is 0 Å². The predicted molar refractivity (Wildman–Crippen MR) is 98.8 cm³/mol. The number of likely N-dealkylation sites (tertiary alicyclic amines) is 1. The monoisotopic (exact) mass is 377 g/mol. The number of carbonyl (C=O) groups is 3. The first-order chi connectivity index (χ1) is 12.5. The summed E-state index contributed by atoms with van der Waals surface area (Å²) in [4.78, 5) is 38.1. The van der Waals surface area contributed by atoms with Crippen LogP contribution in [0.15, 0.2) is 24.3 Å². The Labute approximate surface area is 158 Å². The molecule has 1 aliphatic heterocycles. The van der Waals surface area contributed by atoms with Crippen LogP contribution in [-0.2, 0) is 9.59 Å². The van der Waals surface area contributed by atoms with Crippen molar-refractivity contribution in [3.05, 3.63) is 34.9 Å². The molecule has 2 aliphatic rings. The lowest BCUT2D eigenvalue weighted by Crippen LogP contribution is -2.44. The third-order valence-corrected chi connectivity index (χ3v) is 5.17. The van der Waals surface area contributed by atoms with Gasteiger partial charge in [0.15, 0.2) is 0 Å². The summed E-state index contributed by atoms with van der Waals surface area (Å²) in [5.41, 5.74) is 0.536. The van der Waals surface area contributed by atoms with E-state index in [2.05, 4.69) is 10.6 Å². The molecule has 0 unspecified atom stereocenters. The number of nitrogens with one attached hydrogen (secondary N) is 2. The van der Waals surface area contributed by atoms with Crippen LogP contribution >= 0.6 is 11.6 Å². The average Bonchev–Trinajstić information content (AvgIpc) is 3.50. The third kappa shape index (κ3) is 4.97. The molecule has 3 amide bonds. The zero-order chi connectivity index (χ0) is 18.5. The molecule has 0 spiro atoms. The Balaban J connectivity index is 1.32. The lowest BCUT2D eigenvalue weighted by Gasteiger charge is -2.31. The zero-order valence-corrected chi connectivity index (χ0v) is 15.4. The van der Waals surface area contributed by atoms with Gasteiger partial charge in [0.25, 0.3) is 5.91 Å². The number of amides is 3. The van der Waals surface area contributed by atoms with Crippen LogP contribution in [0.4, 0.5) is 0 Å². The minimum absolute atomic E-state index is 0.00395. The van der Waals surface area contributed by atoms with Crippen LogP contribution < -0.4 is 10.6 Å². The summed E-state index contributed by atoms with van der Waals surface area (Å²) in [6, 6.07) is 6.65. The quantitative estimate of drug-likeness (QED) is 0.742. The van der Waals surface area contributed by atoms with Gasteiger partial charge in [0, 0.05) is 48.6 Å². The Morgan fingerprint density at radius 1 is 0.923 bits per heavy atom. The number of piperidine rings is 1. The Bertz CT molecular complexity index is 665. The third-order valence-electron chi connectivity index (χ3n) is 4.92. The molecular formula is C19H24ClN3O3. The van der Waals surface area contributed by atoms with E-state index in [1.165, 1.54) is 0 Å². The number of benzene rings is 1. The van der Waals surface area contributed by atoms with E-state index >= 15 is 0 Å². The van der Waals surface area contributed by atoms with Crippen molar-refractivity contribution in [2.24, 2.45) is 11.8 Å². The maximum atomic E-state index is 12.2. The number of hydrogen-bond acceptors (Lipinski definition) is 3. The molecule has 140 valence electrons. The highest BCUT2D eigenvalue weighted by Crippen LogP contribution is 2.32. The van der Waals surface area contributed by atoms with Crippen LogP contribution in [0.5, 0.6) is 0 Å². The van der Waals surface area contributed by atoms with E-state index in [1.807, 2.05) is 4.90 Å². The summed E-state index contributed by atoms with van der Waals surface area (Å²) in [5, 5.41) is 6.22. The highest BCUT2D eigenvalue weighted by Gasteiger charge is 2.35. The Morgan fingerprint density at radius 2 is 1.54 bits per heavy atom. The van der Waals surface area contributed by atoms with E-state index < -0.39 is 0 Å². The molecule has 0 aromatic heterocycles. The number of carbonyl (C=O) groups excluding carboxylic acids is 3. The maximum absolute atomic E-state index is 12.2. The molecule has 1 heterocycles. The van der Waals surface area contributed by atoms with Gasteiger partial charge in [0.2, 0.25) is 11.8 Å². The number of hydrogen-bond donors (Lipinski definition) is 2. The van der Waals surface area contributed by atoms with Crippen molar-refractivity contribution in [3.63, 3.8) is 0 Å². The van der Waals surface area contributed by atoms with Gasteiger partial charge < -0.3 is 15.5 Å². The molecule has 2 fully saturated rings. The smallest absolute Gasteiger partial charge is 0.251 e. The molecule has 0 radical (unpaired) electrons. The Kier molecular flexibility index (Phi) is 6.14. The molecule has 1 aromatic rings. The van der Waals surface area contributed by atoms with E-state index in [0.29, 0.717) is 49.6 Å². The minimum atomic E-state index is -0.192. The Hall–Kier alpha value is -2.08. The fourth-order valence-corrected chi connectivity index (χ4v) is 3.29. The maximum Gasteiger partial charge on any atom is 0.251 e. The zero-order valence-electron chi connectivity index (χ0n) is 14.7. The van der Waals surface area contributed by atoms with Crippen LogP contribution in [0.3, 0.4) is 0 Å². The summed E-state index contributed by atoms with van der Waals surface area (Å²) >= 11 is 5.80. The first kappa shape index (κ1) is 18.7. The first-order valence-electron chi connectivity index (χ1n) is 9.15. The van der Waals surface area contributed by atoms with Gasteiger partial charge in [0.1, 0.15) is 0 Å². The second kappa shape index (κ2) is 8.54. The summed E-state index contributed by atoms with van der Waals surface area (Å²) in [7, 11) is 0. The van der Waals surface area contributed by atoms with Crippen LogP contribution in [0.25, 0.3) is 0 Å². The second-order valence-electron chi connectivity index (χ2n) is 6.93. The molecule has 2 N–H and O–H groups in total. The number of rotatable bonds is 6. The lowest BCUT2D eigenvalue weighted by molar-refractivity contribution is -0.136. The van der Waals surface area contributed by atoms with Gasteiger partial charge in [-0.3, -0.25) is 14.4 Å². The topological polar surface area (TPSA) is 78.5 Å².